The number of nitrogens with two attached hydrogens (primary N) is 2. The van der Waals surface area contributed by atoms with E-state index in [2.05, 4.69) is 5.32 Å². The summed E-state index contributed by atoms with van der Waals surface area (Å²) in [6.07, 6.45) is 0. The molecule has 0 spiro atoms. The molecule has 0 bridgehead atoms. The number of carbonyl (C=O) groups excluding carboxylic acids is 2. The molecule has 9 heteroatoms. The van der Waals surface area contributed by atoms with Gasteiger partial charge in [0.25, 0.3) is 5.56 Å². The predicted octanol–water partition coefficient (Wildman–Crippen LogP) is 1.36. The van der Waals surface area contributed by atoms with Gasteiger partial charge in [-0.25, -0.2) is 4.79 Å². The largest absolute Gasteiger partial charge is 0.384 e. The lowest BCUT2D eigenvalue weighted by molar-refractivity contribution is 0.0994. The average molecular weight is 435 g/mol. The zero-order valence-corrected chi connectivity index (χ0v) is 17.9. The topological polar surface area (TPSA) is 142 Å². The molecule has 1 amide bonds. The van der Waals surface area contributed by atoms with Gasteiger partial charge in [0, 0.05) is 17.8 Å². The normalized spacial score (nSPS) is 10.7. The Hall–Kier alpha value is -4.14. The van der Waals surface area contributed by atoms with Gasteiger partial charge in [0.15, 0.2) is 5.78 Å². The number of nitrogens with zero attached hydrogens (tertiary/aromatic N) is 2. The number of primary amides is 1. The number of nitrogens with one attached hydrogen (secondary N) is 1. The van der Waals surface area contributed by atoms with Gasteiger partial charge in [0.1, 0.15) is 11.4 Å². The highest BCUT2D eigenvalue weighted by atomic mass is 16.2. The summed E-state index contributed by atoms with van der Waals surface area (Å²) in [5.41, 5.74) is 12.2. The molecule has 32 heavy (non-hydrogen) atoms. The number of aromatic nitrogens is 2. The minimum Gasteiger partial charge on any atom is -0.384 e. The van der Waals surface area contributed by atoms with E-state index >= 15 is 0 Å². The Balaban J connectivity index is 1.98. The fourth-order valence-electron chi connectivity index (χ4n) is 3.53. The van der Waals surface area contributed by atoms with Gasteiger partial charge in [-0.2, -0.15) is 0 Å². The maximum atomic E-state index is 13.0. The fraction of sp³-hybridized carbons (Fsp3) is 0.217. The Kier molecular flexibility index (Phi) is 6.58. The van der Waals surface area contributed by atoms with Gasteiger partial charge in [-0.3, -0.25) is 23.5 Å². The second-order valence-electron chi connectivity index (χ2n) is 7.28. The molecular weight excluding hydrogens is 410 g/mol. The van der Waals surface area contributed by atoms with Crippen molar-refractivity contribution in [3.63, 3.8) is 0 Å². The lowest BCUT2D eigenvalue weighted by Gasteiger charge is -2.16. The molecule has 9 nitrogen and oxygen atoms in total. The van der Waals surface area contributed by atoms with Crippen LogP contribution in [0.5, 0.6) is 0 Å². The molecule has 0 unspecified atom stereocenters. The summed E-state index contributed by atoms with van der Waals surface area (Å²) < 4.78 is 2.22. The highest BCUT2D eigenvalue weighted by Gasteiger charge is 2.22. The van der Waals surface area contributed by atoms with E-state index in [0.29, 0.717) is 16.8 Å². The fourth-order valence-corrected chi connectivity index (χ4v) is 3.53. The number of hydrogen-bond donors (Lipinski definition) is 3. The van der Waals surface area contributed by atoms with Crippen LogP contribution in [0.25, 0.3) is 0 Å². The Morgan fingerprint density at radius 3 is 2.31 bits per heavy atom. The molecule has 3 rings (SSSR count). The molecule has 0 atom stereocenters. The molecule has 0 saturated heterocycles. The van der Waals surface area contributed by atoms with E-state index in [1.807, 2.05) is 30.3 Å². The maximum absolute atomic E-state index is 13.0. The van der Waals surface area contributed by atoms with E-state index in [4.69, 9.17) is 11.5 Å². The minimum atomic E-state index is -0.728. The summed E-state index contributed by atoms with van der Waals surface area (Å²) in [5.74, 6) is -1.33. The van der Waals surface area contributed by atoms with Gasteiger partial charge >= 0.3 is 5.69 Å². The molecule has 0 aliphatic carbocycles. The second-order valence-corrected chi connectivity index (χ2v) is 7.28. The van der Waals surface area contributed by atoms with Crippen LogP contribution in [0.2, 0.25) is 0 Å². The predicted molar refractivity (Wildman–Crippen MR) is 123 cm³/mol. The van der Waals surface area contributed by atoms with E-state index in [1.54, 1.807) is 32.0 Å². The van der Waals surface area contributed by atoms with Crippen molar-refractivity contribution in [3.8, 4) is 0 Å². The van der Waals surface area contributed by atoms with Crippen LogP contribution in [0, 0.1) is 6.92 Å². The van der Waals surface area contributed by atoms with E-state index in [9.17, 15) is 19.2 Å². The van der Waals surface area contributed by atoms with Gasteiger partial charge in [0.2, 0.25) is 5.91 Å². The molecule has 0 aliphatic heterocycles. The van der Waals surface area contributed by atoms with Crippen molar-refractivity contribution in [1.29, 1.82) is 0 Å². The molecule has 0 aliphatic rings. The monoisotopic (exact) mass is 435 g/mol. The van der Waals surface area contributed by atoms with Gasteiger partial charge < -0.3 is 16.8 Å². The van der Waals surface area contributed by atoms with Crippen molar-refractivity contribution in [1.82, 2.24) is 9.13 Å². The van der Waals surface area contributed by atoms with Gasteiger partial charge in [0.05, 0.1) is 13.1 Å². The Morgan fingerprint density at radius 1 is 1.00 bits per heavy atom. The minimum absolute atomic E-state index is 0.0974. The molecule has 0 fully saturated rings. The summed E-state index contributed by atoms with van der Waals surface area (Å²) >= 11 is 0. The molecule has 1 aromatic heterocycles. The van der Waals surface area contributed by atoms with E-state index in [-0.39, 0.29) is 31.0 Å². The van der Waals surface area contributed by atoms with E-state index < -0.39 is 22.9 Å². The van der Waals surface area contributed by atoms with E-state index in [0.717, 1.165) is 10.1 Å². The Morgan fingerprint density at radius 2 is 1.69 bits per heavy atom. The molecule has 1 heterocycles. The first-order valence-corrected chi connectivity index (χ1v) is 10.1. The average Bonchev–Trinajstić information content (AvgIpc) is 2.77. The third-order valence-corrected chi connectivity index (χ3v) is 5.28. The number of Topliss-reactive ketones (excluding diaryl/α,β-unsaturated/α-hetero) is 1. The number of benzene rings is 2. The van der Waals surface area contributed by atoms with Crippen molar-refractivity contribution >= 4 is 23.2 Å². The quantitative estimate of drug-likeness (QED) is 0.456. The SMILES string of the molecule is CCn1c(=O)c(C(=O)CNc2cccc(C(N)=O)c2C)c(N)n(Cc2ccccc2)c1=O. The summed E-state index contributed by atoms with van der Waals surface area (Å²) in [6, 6.07) is 14.1. The van der Waals surface area contributed by atoms with Crippen LogP contribution in [0.1, 0.15) is 38.8 Å². The zero-order chi connectivity index (χ0) is 23.4. The van der Waals surface area contributed by atoms with Crippen LogP contribution >= 0.6 is 0 Å². The second kappa shape index (κ2) is 9.34. The highest BCUT2D eigenvalue weighted by molar-refractivity contribution is 6.02. The number of amides is 1. The van der Waals surface area contributed by atoms with Crippen LogP contribution in [0.3, 0.4) is 0 Å². The number of hydrogen-bond acceptors (Lipinski definition) is 6. The first-order valence-electron chi connectivity index (χ1n) is 10.1. The van der Waals surface area contributed by atoms with Gasteiger partial charge in [-0.1, -0.05) is 36.4 Å². The molecular formula is C23H25N5O4. The van der Waals surface area contributed by atoms with Crippen LogP contribution in [0.4, 0.5) is 11.5 Å². The van der Waals surface area contributed by atoms with Crippen LogP contribution in [0.15, 0.2) is 58.1 Å². The first kappa shape index (κ1) is 22.5. The Labute approximate surface area is 184 Å². The molecule has 3 aromatic rings. The molecule has 2 aromatic carbocycles. The van der Waals surface area contributed by atoms with Crippen LogP contribution in [-0.4, -0.2) is 27.4 Å². The first-order chi connectivity index (χ1) is 15.3. The van der Waals surface area contributed by atoms with Crippen molar-refractivity contribution in [2.24, 2.45) is 5.73 Å². The summed E-state index contributed by atoms with van der Waals surface area (Å²) in [4.78, 5) is 50.2. The summed E-state index contributed by atoms with van der Waals surface area (Å²) in [6.45, 7) is 3.32. The standard InChI is InChI=1S/C23H25N5O4/c1-3-27-22(31)19(20(24)28(23(27)32)13-15-8-5-4-6-9-15)18(29)12-26-17-11-7-10-16(14(17)2)21(25)30/h4-11,26H,3,12-13,24H2,1-2H3,(H2,25,30). The highest BCUT2D eigenvalue weighted by Crippen LogP contribution is 2.19. The smallest absolute Gasteiger partial charge is 0.332 e. The van der Waals surface area contributed by atoms with Crippen molar-refractivity contribution < 1.29 is 9.59 Å². The number of nitrogen functional groups attached to an aromatic ring is 1. The zero-order valence-electron chi connectivity index (χ0n) is 17.9. The van der Waals surface area contributed by atoms with Gasteiger partial charge in [-0.15, -0.1) is 0 Å². The van der Waals surface area contributed by atoms with Crippen molar-refractivity contribution in [2.45, 2.75) is 26.9 Å². The van der Waals surface area contributed by atoms with Crippen LogP contribution < -0.4 is 28.0 Å². The third kappa shape index (κ3) is 4.31. The third-order valence-electron chi connectivity index (χ3n) is 5.28. The number of anilines is 2. The number of carbonyl (C=O) groups is 2. The van der Waals surface area contributed by atoms with Crippen LogP contribution in [-0.2, 0) is 13.1 Å². The summed E-state index contributed by atoms with van der Waals surface area (Å²) in [5, 5.41) is 2.93. The lowest BCUT2D eigenvalue weighted by atomic mass is 10.1. The number of ketones is 1. The van der Waals surface area contributed by atoms with E-state index in [1.165, 1.54) is 4.57 Å². The summed E-state index contributed by atoms with van der Waals surface area (Å²) in [7, 11) is 0. The molecule has 0 radical (unpaired) electrons. The number of rotatable bonds is 8. The van der Waals surface area contributed by atoms with Crippen molar-refractivity contribution in [2.75, 3.05) is 17.6 Å². The molecule has 5 N–H and O–H groups in total. The molecule has 166 valence electrons. The van der Waals surface area contributed by atoms with Crippen molar-refractivity contribution in [3.05, 3.63) is 91.6 Å². The lowest BCUT2D eigenvalue weighted by Crippen LogP contribution is -2.44. The van der Waals surface area contributed by atoms with Gasteiger partial charge in [-0.05, 0) is 37.1 Å². The Bertz CT molecular complexity index is 1290. The maximum Gasteiger partial charge on any atom is 0.332 e. The molecule has 0 saturated carbocycles.